The molecule has 0 bridgehead atoms. The Labute approximate surface area is 252 Å². The van der Waals surface area contributed by atoms with Gasteiger partial charge in [-0.05, 0) is 43.0 Å². The third kappa shape index (κ3) is 5.58. The maximum Gasteiger partial charge on any atom is 0.406 e. The molecule has 2 N–H and O–H groups in total. The molecule has 0 aromatic carbocycles. The lowest BCUT2D eigenvalue weighted by Gasteiger charge is -2.43. The number of nitriles is 1. The molecule has 13 nitrogen and oxygen atoms in total. The summed E-state index contributed by atoms with van der Waals surface area (Å²) in [5, 5.41) is 31.2. The molecule has 14 heteroatoms. The van der Waals surface area contributed by atoms with Crippen LogP contribution in [0, 0.1) is 17.2 Å². The van der Waals surface area contributed by atoms with Crippen molar-refractivity contribution < 1.29 is 14.3 Å². The van der Waals surface area contributed by atoms with Crippen LogP contribution in [-0.4, -0.2) is 101 Å². The summed E-state index contributed by atoms with van der Waals surface area (Å²) in [6.45, 7) is 5.91. The maximum atomic E-state index is 11.5. The number of hydrogen-bond acceptors (Lipinski definition) is 12. The monoisotopic (exact) mass is 600 g/mol. The van der Waals surface area contributed by atoms with E-state index in [9.17, 15) is 10.1 Å². The summed E-state index contributed by atoms with van der Waals surface area (Å²) in [4.78, 5) is 21.1. The fraction of sp³-hybridized carbons (Fsp3) is 0.448. The molecule has 1 saturated carbocycles. The van der Waals surface area contributed by atoms with Gasteiger partial charge in [-0.15, -0.1) is 10.2 Å². The number of morpholine rings is 1. The lowest BCUT2D eigenvalue weighted by molar-refractivity contribution is -0.0117. The van der Waals surface area contributed by atoms with Gasteiger partial charge in [-0.3, -0.25) is 9.88 Å². The van der Waals surface area contributed by atoms with Crippen molar-refractivity contribution in [1.29, 1.82) is 5.26 Å². The second-order valence-electron chi connectivity index (χ2n) is 11.2. The van der Waals surface area contributed by atoms with Crippen LogP contribution in [-0.2, 0) is 9.47 Å². The van der Waals surface area contributed by atoms with Crippen molar-refractivity contribution in [3.05, 3.63) is 42.2 Å². The Morgan fingerprint density at radius 1 is 1.21 bits per heavy atom. The molecule has 4 aromatic heterocycles. The number of hydrogen-bond donors (Lipinski definition) is 2. The molecule has 0 unspecified atom stereocenters. The van der Waals surface area contributed by atoms with Crippen LogP contribution in [0.25, 0.3) is 27.5 Å². The van der Waals surface area contributed by atoms with Gasteiger partial charge in [0.1, 0.15) is 6.07 Å². The molecule has 2 aliphatic heterocycles. The van der Waals surface area contributed by atoms with Gasteiger partial charge in [0.05, 0.1) is 60.6 Å². The standard InChI is InChI=1S/C29H32N10O3S/c1-41-29(40)32-13-18-8-20(9-18)34-24-11-25(26-3-2-21-10-19(12-30)14-33-39(21)26)31-15-23(24)27-35-36-28(43-27)38-5-4-37-6-7-42-17-22(37)16-38/h2-3,10-11,14-15,18,20,22H,4-9,13,16-17H2,1H3,(H,31,34)(H,32,40)/t18?,20?,22-/m1/s1. The molecule has 43 heavy (non-hydrogen) atoms. The number of pyridine rings is 1. The van der Waals surface area contributed by atoms with Crippen molar-refractivity contribution in [3.8, 4) is 28.0 Å². The largest absolute Gasteiger partial charge is 0.453 e. The average Bonchev–Trinajstić information content (AvgIpc) is 3.69. The second kappa shape index (κ2) is 11.8. The molecule has 222 valence electrons. The zero-order valence-electron chi connectivity index (χ0n) is 23.8. The number of rotatable bonds is 7. The number of aromatic nitrogens is 5. The number of methoxy groups -OCH3 is 1. The van der Waals surface area contributed by atoms with Crippen molar-refractivity contribution in [2.75, 3.05) is 63.3 Å². The van der Waals surface area contributed by atoms with Gasteiger partial charge in [0.25, 0.3) is 0 Å². The third-order valence-electron chi connectivity index (χ3n) is 8.46. The Morgan fingerprint density at radius 2 is 2.12 bits per heavy atom. The van der Waals surface area contributed by atoms with Gasteiger partial charge in [0.15, 0.2) is 5.01 Å². The molecule has 6 heterocycles. The number of amides is 1. The molecule has 1 amide bonds. The van der Waals surface area contributed by atoms with E-state index in [2.05, 4.69) is 41.8 Å². The molecule has 4 aromatic rings. The number of nitrogens with zero attached hydrogens (tertiary/aromatic N) is 8. The van der Waals surface area contributed by atoms with Crippen molar-refractivity contribution in [3.63, 3.8) is 0 Å². The first-order valence-corrected chi connectivity index (χ1v) is 15.3. The third-order valence-corrected chi connectivity index (χ3v) is 9.48. The highest BCUT2D eigenvalue weighted by atomic mass is 32.1. The molecule has 1 aliphatic carbocycles. The predicted octanol–water partition coefficient (Wildman–Crippen LogP) is 2.85. The number of nitrogens with one attached hydrogen (secondary N) is 2. The van der Waals surface area contributed by atoms with E-state index >= 15 is 0 Å². The van der Waals surface area contributed by atoms with E-state index in [1.807, 2.05) is 30.5 Å². The molecule has 7 rings (SSSR count). The molecule has 0 radical (unpaired) electrons. The van der Waals surface area contributed by atoms with E-state index in [-0.39, 0.29) is 6.04 Å². The molecular formula is C29H32N10O3S. The van der Waals surface area contributed by atoms with Gasteiger partial charge in [0, 0.05) is 50.6 Å². The first kappa shape index (κ1) is 27.5. The van der Waals surface area contributed by atoms with Crippen LogP contribution >= 0.6 is 11.3 Å². The zero-order chi connectivity index (χ0) is 29.3. The number of ether oxygens (including phenoxy) is 2. The minimum atomic E-state index is -0.406. The summed E-state index contributed by atoms with van der Waals surface area (Å²) in [7, 11) is 1.37. The Morgan fingerprint density at radius 3 is 2.98 bits per heavy atom. The summed E-state index contributed by atoms with van der Waals surface area (Å²) in [6, 6.07) is 10.5. The van der Waals surface area contributed by atoms with E-state index in [1.54, 1.807) is 22.0 Å². The molecule has 3 fully saturated rings. The number of anilines is 2. The van der Waals surface area contributed by atoms with Crippen LogP contribution in [0.5, 0.6) is 0 Å². The zero-order valence-corrected chi connectivity index (χ0v) is 24.6. The topological polar surface area (TPSA) is 146 Å². The van der Waals surface area contributed by atoms with Crippen molar-refractivity contribution in [1.82, 2.24) is 35.0 Å². The van der Waals surface area contributed by atoms with Gasteiger partial charge >= 0.3 is 6.09 Å². The van der Waals surface area contributed by atoms with Gasteiger partial charge < -0.3 is 25.0 Å². The molecule has 1 atom stereocenters. The van der Waals surface area contributed by atoms with Crippen LogP contribution in [0.15, 0.2) is 36.7 Å². The SMILES string of the molecule is COC(=O)NCC1CC(Nc2cc(-c3ccc4cc(C#N)cnn34)ncc2-c2nnc(N3CCN4CCOC[C@H]4C3)s2)C1. The highest BCUT2D eigenvalue weighted by Gasteiger charge is 2.32. The quantitative estimate of drug-likeness (QED) is 0.323. The molecule has 3 aliphatic rings. The number of carbonyl (C=O) groups excluding carboxylic acids is 1. The first-order chi connectivity index (χ1) is 21.1. The van der Waals surface area contributed by atoms with Crippen LogP contribution in [0.1, 0.15) is 18.4 Å². The predicted molar refractivity (Wildman–Crippen MR) is 161 cm³/mol. The number of fused-ring (bicyclic) bond motifs is 2. The van der Waals surface area contributed by atoms with Crippen molar-refractivity contribution >= 4 is 33.8 Å². The summed E-state index contributed by atoms with van der Waals surface area (Å²) < 4.78 is 12.2. The van der Waals surface area contributed by atoms with E-state index < -0.39 is 6.09 Å². The summed E-state index contributed by atoms with van der Waals surface area (Å²) >= 11 is 1.58. The first-order valence-electron chi connectivity index (χ1n) is 14.4. The highest BCUT2D eigenvalue weighted by Crippen LogP contribution is 2.38. The fourth-order valence-electron chi connectivity index (χ4n) is 6.05. The van der Waals surface area contributed by atoms with Gasteiger partial charge in [-0.1, -0.05) is 11.3 Å². The summed E-state index contributed by atoms with van der Waals surface area (Å²) in [5.74, 6) is 0.380. The van der Waals surface area contributed by atoms with Crippen LogP contribution in [0.4, 0.5) is 15.6 Å². The Kier molecular flexibility index (Phi) is 7.52. The van der Waals surface area contributed by atoms with E-state index in [0.717, 1.165) is 90.5 Å². The van der Waals surface area contributed by atoms with E-state index in [0.29, 0.717) is 24.1 Å². The average molecular weight is 601 g/mol. The molecule has 0 spiro atoms. The number of piperazine rings is 1. The number of carbonyl (C=O) groups is 1. The maximum absolute atomic E-state index is 11.5. The van der Waals surface area contributed by atoms with E-state index in [1.165, 1.54) is 7.11 Å². The van der Waals surface area contributed by atoms with Gasteiger partial charge in [0.2, 0.25) is 5.13 Å². The number of alkyl carbamates (subject to hydrolysis) is 1. The minimum absolute atomic E-state index is 0.241. The molecular weight excluding hydrogens is 568 g/mol. The van der Waals surface area contributed by atoms with E-state index in [4.69, 9.17) is 14.5 Å². The van der Waals surface area contributed by atoms with Gasteiger partial charge in [-0.25, -0.2) is 9.31 Å². The summed E-state index contributed by atoms with van der Waals surface area (Å²) in [6.07, 6.45) is 4.85. The fourth-order valence-corrected chi connectivity index (χ4v) is 6.96. The Hall–Kier alpha value is -4.32. The van der Waals surface area contributed by atoms with Crippen molar-refractivity contribution in [2.24, 2.45) is 5.92 Å². The second-order valence-corrected chi connectivity index (χ2v) is 12.1. The van der Waals surface area contributed by atoms with Crippen LogP contribution in [0.3, 0.4) is 0 Å². The Bertz CT molecular complexity index is 1680. The van der Waals surface area contributed by atoms with Gasteiger partial charge in [-0.2, -0.15) is 10.4 Å². The normalized spacial score (nSPS) is 22.0. The van der Waals surface area contributed by atoms with Crippen molar-refractivity contribution in [2.45, 2.75) is 24.9 Å². The Balaban J connectivity index is 1.15. The lowest BCUT2D eigenvalue weighted by Crippen LogP contribution is -2.58. The summed E-state index contributed by atoms with van der Waals surface area (Å²) in [5.41, 5.74) is 4.73. The lowest BCUT2D eigenvalue weighted by atomic mass is 9.80. The van der Waals surface area contributed by atoms with Crippen LogP contribution < -0.4 is 15.5 Å². The molecule has 2 saturated heterocycles. The van der Waals surface area contributed by atoms with Crippen LogP contribution in [0.2, 0.25) is 0 Å². The minimum Gasteiger partial charge on any atom is -0.453 e. The highest BCUT2D eigenvalue weighted by molar-refractivity contribution is 7.18. The smallest absolute Gasteiger partial charge is 0.406 e.